The van der Waals surface area contributed by atoms with Crippen molar-refractivity contribution >= 4 is 45.4 Å². The van der Waals surface area contributed by atoms with E-state index in [-0.39, 0.29) is 5.11 Å². The summed E-state index contributed by atoms with van der Waals surface area (Å²) >= 11 is 4.75. The molecule has 0 aliphatic rings. The number of rotatable bonds is 8. The van der Waals surface area contributed by atoms with Crippen LogP contribution in [0, 0.1) is 0 Å². The number of ether oxygens (including phenoxy) is 2. The summed E-state index contributed by atoms with van der Waals surface area (Å²) < 4.78 is 12.9. The number of hydrazone groups is 1. The molecule has 26 heavy (non-hydrogen) atoms. The van der Waals surface area contributed by atoms with Crippen molar-refractivity contribution < 1.29 is 9.47 Å². The van der Waals surface area contributed by atoms with Crippen molar-refractivity contribution in [3.8, 4) is 0 Å². The Hall–Kier alpha value is -2.48. The Labute approximate surface area is 157 Å². The third-order valence-electron chi connectivity index (χ3n) is 4.08. The van der Waals surface area contributed by atoms with Gasteiger partial charge in [0.05, 0.1) is 26.0 Å². The summed E-state index contributed by atoms with van der Waals surface area (Å²) in [6, 6.07) is 14.6. The lowest BCUT2D eigenvalue weighted by atomic mass is 10.1. The summed E-state index contributed by atoms with van der Waals surface area (Å²) in [5, 5.41) is 6.56. The molecule has 0 radical (unpaired) electrons. The fraction of sp³-hybridized carbons (Fsp3) is 0.263. The topological polar surface area (TPSA) is 73.8 Å². The van der Waals surface area contributed by atoms with E-state index in [4.69, 9.17) is 27.4 Å². The minimum atomic E-state index is 0.146. The molecule has 7 heteroatoms. The number of nitrogens with one attached hydrogen (secondary N) is 1. The molecule has 0 amide bonds. The summed E-state index contributed by atoms with van der Waals surface area (Å²) in [5.74, 6) is 0. The van der Waals surface area contributed by atoms with Crippen LogP contribution in [0.1, 0.15) is 5.56 Å². The van der Waals surface area contributed by atoms with Gasteiger partial charge < -0.3 is 19.8 Å². The van der Waals surface area contributed by atoms with E-state index >= 15 is 0 Å². The van der Waals surface area contributed by atoms with Crippen molar-refractivity contribution in [1.82, 2.24) is 9.99 Å². The van der Waals surface area contributed by atoms with Gasteiger partial charge >= 0.3 is 0 Å². The SMILES string of the molecule is COCCOCCn1c2ccccc2c2cc(/C=N/NC(N)=S)ccc21. The van der Waals surface area contributed by atoms with Crippen LogP contribution in [0.4, 0.5) is 0 Å². The number of hydrogen-bond acceptors (Lipinski definition) is 4. The Morgan fingerprint density at radius 2 is 1.96 bits per heavy atom. The second-order valence-corrected chi connectivity index (χ2v) is 6.22. The van der Waals surface area contributed by atoms with Gasteiger partial charge in [0, 0.05) is 35.5 Å². The second kappa shape index (κ2) is 8.75. The molecular weight excluding hydrogens is 348 g/mol. The molecular formula is C19H22N4O2S. The zero-order chi connectivity index (χ0) is 18.4. The smallest absolute Gasteiger partial charge is 0.184 e. The zero-order valence-electron chi connectivity index (χ0n) is 14.6. The first-order valence-corrected chi connectivity index (χ1v) is 8.77. The zero-order valence-corrected chi connectivity index (χ0v) is 15.5. The first kappa shape index (κ1) is 18.3. The standard InChI is InChI=1S/C19H22N4O2S/c1-24-10-11-25-9-8-23-17-5-3-2-4-15(17)16-12-14(6-7-18(16)23)13-21-22-19(20)26/h2-7,12-13H,8-11H2,1H3,(H3,20,22,26)/b21-13+. The van der Waals surface area contributed by atoms with E-state index in [1.54, 1.807) is 13.3 Å². The van der Waals surface area contributed by atoms with Crippen LogP contribution in [-0.4, -0.2) is 42.8 Å². The largest absolute Gasteiger partial charge is 0.382 e. The number of nitrogens with two attached hydrogens (primary N) is 1. The van der Waals surface area contributed by atoms with Crippen molar-refractivity contribution in [3.63, 3.8) is 0 Å². The van der Waals surface area contributed by atoms with E-state index in [1.807, 2.05) is 6.07 Å². The van der Waals surface area contributed by atoms with Crippen LogP contribution < -0.4 is 11.2 Å². The highest BCUT2D eigenvalue weighted by molar-refractivity contribution is 7.80. The molecule has 3 N–H and O–H groups in total. The molecule has 0 fully saturated rings. The molecule has 136 valence electrons. The Morgan fingerprint density at radius 1 is 1.15 bits per heavy atom. The predicted molar refractivity (Wildman–Crippen MR) is 110 cm³/mol. The second-order valence-electron chi connectivity index (χ2n) is 5.78. The molecule has 0 aliphatic heterocycles. The normalized spacial score (nSPS) is 11.6. The first-order chi connectivity index (χ1) is 12.7. The molecule has 3 rings (SSSR count). The number of nitrogens with zero attached hydrogens (tertiary/aromatic N) is 2. The van der Waals surface area contributed by atoms with Crippen LogP contribution in [0.3, 0.4) is 0 Å². The number of aromatic nitrogens is 1. The van der Waals surface area contributed by atoms with Gasteiger partial charge in [0.2, 0.25) is 0 Å². The number of thiocarbonyl (C=S) groups is 1. The van der Waals surface area contributed by atoms with E-state index < -0.39 is 0 Å². The molecule has 1 heterocycles. The summed E-state index contributed by atoms with van der Waals surface area (Å²) in [6.07, 6.45) is 1.71. The Balaban J connectivity index is 1.91. The summed E-state index contributed by atoms with van der Waals surface area (Å²) in [4.78, 5) is 0. The van der Waals surface area contributed by atoms with Crippen LogP contribution in [0.25, 0.3) is 21.8 Å². The summed E-state index contributed by atoms with van der Waals surface area (Å²) in [5.41, 5.74) is 11.3. The minimum absolute atomic E-state index is 0.146. The molecule has 6 nitrogen and oxygen atoms in total. The number of methoxy groups -OCH3 is 1. The molecule has 0 bridgehead atoms. The van der Waals surface area contributed by atoms with Gasteiger partial charge in [0.1, 0.15) is 0 Å². The summed E-state index contributed by atoms with van der Waals surface area (Å²) in [7, 11) is 1.67. The molecule has 2 aromatic carbocycles. The molecule has 1 aromatic heterocycles. The molecule has 0 saturated heterocycles. The van der Waals surface area contributed by atoms with Crippen molar-refractivity contribution in [2.24, 2.45) is 10.8 Å². The molecule has 0 aliphatic carbocycles. The van der Waals surface area contributed by atoms with E-state index in [9.17, 15) is 0 Å². The molecule has 0 saturated carbocycles. The van der Waals surface area contributed by atoms with E-state index in [1.165, 1.54) is 21.8 Å². The lowest BCUT2D eigenvalue weighted by Crippen LogP contribution is -2.23. The highest BCUT2D eigenvalue weighted by atomic mass is 32.1. The van der Waals surface area contributed by atoms with E-state index in [0.717, 1.165) is 12.1 Å². The number of para-hydroxylation sites is 1. The maximum absolute atomic E-state index is 5.65. The molecule has 3 aromatic rings. The molecule has 0 atom stereocenters. The van der Waals surface area contributed by atoms with Gasteiger partial charge in [0.15, 0.2) is 5.11 Å². The van der Waals surface area contributed by atoms with E-state index in [0.29, 0.717) is 19.8 Å². The Morgan fingerprint density at radius 3 is 2.77 bits per heavy atom. The highest BCUT2D eigenvalue weighted by Crippen LogP contribution is 2.29. The molecule has 0 unspecified atom stereocenters. The van der Waals surface area contributed by atoms with Crippen molar-refractivity contribution in [2.75, 3.05) is 26.9 Å². The lowest BCUT2D eigenvalue weighted by molar-refractivity contribution is 0.0673. The lowest BCUT2D eigenvalue weighted by Gasteiger charge is -2.08. The van der Waals surface area contributed by atoms with Crippen molar-refractivity contribution in [3.05, 3.63) is 48.0 Å². The van der Waals surface area contributed by atoms with Crippen LogP contribution in [0.15, 0.2) is 47.6 Å². The van der Waals surface area contributed by atoms with Crippen LogP contribution in [0.2, 0.25) is 0 Å². The highest BCUT2D eigenvalue weighted by Gasteiger charge is 2.10. The number of benzene rings is 2. The van der Waals surface area contributed by atoms with Crippen molar-refractivity contribution in [2.45, 2.75) is 6.54 Å². The van der Waals surface area contributed by atoms with E-state index in [2.05, 4.69) is 51.5 Å². The van der Waals surface area contributed by atoms with Gasteiger partial charge in [-0.1, -0.05) is 24.3 Å². The van der Waals surface area contributed by atoms with Gasteiger partial charge in [-0.25, -0.2) is 0 Å². The Bertz CT molecular complexity index is 936. The number of fused-ring (bicyclic) bond motifs is 3. The summed E-state index contributed by atoms with van der Waals surface area (Å²) in [6.45, 7) is 2.63. The van der Waals surface area contributed by atoms with Crippen LogP contribution >= 0.6 is 12.2 Å². The van der Waals surface area contributed by atoms with Crippen molar-refractivity contribution in [1.29, 1.82) is 0 Å². The van der Waals surface area contributed by atoms with Gasteiger partial charge in [0.25, 0.3) is 0 Å². The number of hydrogen-bond donors (Lipinski definition) is 2. The average Bonchev–Trinajstić information content (AvgIpc) is 2.95. The van der Waals surface area contributed by atoms with Crippen LogP contribution in [0.5, 0.6) is 0 Å². The third-order valence-corrected chi connectivity index (χ3v) is 4.17. The fourth-order valence-electron chi connectivity index (χ4n) is 2.96. The van der Waals surface area contributed by atoms with Gasteiger partial charge in [-0.2, -0.15) is 5.10 Å². The molecule has 0 spiro atoms. The monoisotopic (exact) mass is 370 g/mol. The maximum Gasteiger partial charge on any atom is 0.184 e. The first-order valence-electron chi connectivity index (χ1n) is 8.37. The van der Waals surface area contributed by atoms with Gasteiger partial charge in [-0.3, -0.25) is 5.43 Å². The van der Waals surface area contributed by atoms with Gasteiger partial charge in [-0.15, -0.1) is 0 Å². The third kappa shape index (κ3) is 4.19. The van der Waals surface area contributed by atoms with Gasteiger partial charge in [-0.05, 0) is 36.0 Å². The van der Waals surface area contributed by atoms with Crippen LogP contribution in [-0.2, 0) is 16.0 Å². The minimum Gasteiger partial charge on any atom is -0.382 e. The predicted octanol–water partition coefficient (Wildman–Crippen LogP) is 2.62. The maximum atomic E-state index is 5.65. The fourth-order valence-corrected chi connectivity index (χ4v) is 3.02. The average molecular weight is 370 g/mol. The quantitative estimate of drug-likeness (QED) is 0.276. The Kier molecular flexibility index (Phi) is 6.17.